The lowest BCUT2D eigenvalue weighted by Crippen LogP contribution is -1.81. The van der Waals surface area contributed by atoms with Gasteiger partial charge in [-0.15, -0.1) is 0 Å². The molecule has 2 aromatic carbocycles. The van der Waals surface area contributed by atoms with Crippen molar-refractivity contribution in [1.82, 2.24) is 5.16 Å². The summed E-state index contributed by atoms with van der Waals surface area (Å²) in [6.07, 6.45) is 0.724. The molecule has 0 aliphatic heterocycles. The first-order chi connectivity index (χ1) is 8.81. The molecule has 0 spiro atoms. The molecular formula is C14H9NO3. The van der Waals surface area contributed by atoms with Crippen molar-refractivity contribution in [2.24, 2.45) is 0 Å². The van der Waals surface area contributed by atoms with Gasteiger partial charge in [0.25, 0.3) is 0 Å². The second-order valence-electron chi connectivity index (χ2n) is 3.89. The summed E-state index contributed by atoms with van der Waals surface area (Å²) in [7, 11) is 0. The Labute approximate surface area is 102 Å². The third-order valence-corrected chi connectivity index (χ3v) is 2.81. The van der Waals surface area contributed by atoms with Crippen LogP contribution in [0.5, 0.6) is 5.75 Å². The second kappa shape index (κ2) is 4.00. The first-order valence-corrected chi connectivity index (χ1v) is 5.43. The topological polar surface area (TPSA) is 63.3 Å². The van der Waals surface area contributed by atoms with Crippen molar-refractivity contribution in [3.63, 3.8) is 0 Å². The van der Waals surface area contributed by atoms with Gasteiger partial charge in [0.1, 0.15) is 11.4 Å². The fourth-order valence-electron chi connectivity index (χ4n) is 1.94. The van der Waals surface area contributed by atoms with Gasteiger partial charge in [0.15, 0.2) is 11.9 Å². The number of carbonyl (C=O) groups is 1. The molecule has 1 heterocycles. The maximum absolute atomic E-state index is 10.9. The highest BCUT2D eigenvalue weighted by Gasteiger charge is 2.15. The highest BCUT2D eigenvalue weighted by molar-refractivity contribution is 6.01. The van der Waals surface area contributed by atoms with Gasteiger partial charge in [0, 0.05) is 5.56 Å². The molecule has 0 amide bonds. The Balaban J connectivity index is 2.32. The standard InChI is InChI=1S/C14H9NO3/c16-8-9-4-3-6-11-13(15-18-14(9)11)10-5-1-2-7-12(10)17/h1-8,17H. The van der Waals surface area contributed by atoms with Crippen molar-refractivity contribution in [2.45, 2.75) is 0 Å². The van der Waals surface area contributed by atoms with Gasteiger partial charge in [-0.3, -0.25) is 4.79 Å². The van der Waals surface area contributed by atoms with Crippen LogP contribution in [0.3, 0.4) is 0 Å². The molecule has 3 aromatic rings. The van der Waals surface area contributed by atoms with Gasteiger partial charge in [-0.25, -0.2) is 0 Å². The molecule has 0 saturated heterocycles. The van der Waals surface area contributed by atoms with Gasteiger partial charge >= 0.3 is 0 Å². The highest BCUT2D eigenvalue weighted by Crippen LogP contribution is 2.34. The molecule has 0 fully saturated rings. The molecule has 0 saturated carbocycles. The van der Waals surface area contributed by atoms with Crippen molar-refractivity contribution < 1.29 is 14.4 Å². The van der Waals surface area contributed by atoms with E-state index in [0.29, 0.717) is 27.8 Å². The number of carbonyl (C=O) groups excluding carboxylic acids is 1. The molecule has 0 atom stereocenters. The molecule has 1 N–H and O–H groups in total. The molecule has 88 valence electrons. The molecule has 0 unspecified atom stereocenters. The lowest BCUT2D eigenvalue weighted by Gasteiger charge is -1.99. The van der Waals surface area contributed by atoms with Gasteiger partial charge in [-0.1, -0.05) is 23.4 Å². The van der Waals surface area contributed by atoms with Gasteiger partial charge < -0.3 is 9.63 Å². The molecule has 0 aliphatic rings. The number of para-hydroxylation sites is 2. The normalized spacial score (nSPS) is 10.7. The van der Waals surface area contributed by atoms with E-state index in [0.717, 1.165) is 6.29 Å². The number of hydrogen-bond donors (Lipinski definition) is 1. The molecule has 3 rings (SSSR count). The summed E-state index contributed by atoms with van der Waals surface area (Å²) in [5, 5.41) is 14.5. The molecule has 0 bridgehead atoms. The predicted octanol–water partition coefficient (Wildman–Crippen LogP) is 3.01. The van der Waals surface area contributed by atoms with Crippen LogP contribution in [0.4, 0.5) is 0 Å². The van der Waals surface area contributed by atoms with Gasteiger partial charge in [-0.05, 0) is 24.3 Å². The summed E-state index contributed by atoms with van der Waals surface area (Å²) >= 11 is 0. The number of rotatable bonds is 2. The molecule has 4 nitrogen and oxygen atoms in total. The quantitative estimate of drug-likeness (QED) is 0.698. The van der Waals surface area contributed by atoms with E-state index in [1.807, 2.05) is 0 Å². The number of benzene rings is 2. The Morgan fingerprint density at radius 1 is 1.11 bits per heavy atom. The number of aldehydes is 1. The van der Waals surface area contributed by atoms with E-state index in [9.17, 15) is 9.90 Å². The van der Waals surface area contributed by atoms with E-state index in [1.54, 1.807) is 42.5 Å². The van der Waals surface area contributed by atoms with Crippen LogP contribution < -0.4 is 0 Å². The number of phenolic OH excluding ortho intramolecular Hbond substituents is 1. The molecule has 0 radical (unpaired) electrons. The van der Waals surface area contributed by atoms with Crippen molar-refractivity contribution >= 4 is 17.3 Å². The van der Waals surface area contributed by atoms with Crippen LogP contribution in [0.25, 0.3) is 22.2 Å². The summed E-state index contributed by atoms with van der Waals surface area (Å²) in [5.41, 5.74) is 2.00. The van der Waals surface area contributed by atoms with E-state index in [-0.39, 0.29) is 5.75 Å². The van der Waals surface area contributed by atoms with E-state index < -0.39 is 0 Å². The zero-order valence-electron chi connectivity index (χ0n) is 9.33. The number of fused-ring (bicyclic) bond motifs is 1. The van der Waals surface area contributed by atoms with Crippen molar-refractivity contribution in [3.8, 4) is 17.0 Å². The smallest absolute Gasteiger partial charge is 0.178 e. The number of aromatic hydroxyl groups is 1. The lowest BCUT2D eigenvalue weighted by molar-refractivity contribution is 0.112. The molecule has 4 heteroatoms. The van der Waals surface area contributed by atoms with E-state index >= 15 is 0 Å². The Bertz CT molecular complexity index is 731. The Kier molecular flexibility index (Phi) is 2.34. The van der Waals surface area contributed by atoms with Crippen molar-refractivity contribution in [3.05, 3.63) is 48.0 Å². The summed E-state index contributed by atoms with van der Waals surface area (Å²) in [5.74, 6) is 0.129. The molecular weight excluding hydrogens is 230 g/mol. The number of phenols is 1. The van der Waals surface area contributed by atoms with Crippen LogP contribution in [0.15, 0.2) is 47.0 Å². The summed E-state index contributed by atoms with van der Waals surface area (Å²) < 4.78 is 5.19. The maximum Gasteiger partial charge on any atom is 0.178 e. The van der Waals surface area contributed by atoms with Gasteiger partial charge in [-0.2, -0.15) is 0 Å². The third-order valence-electron chi connectivity index (χ3n) is 2.81. The molecule has 1 aromatic heterocycles. The van der Waals surface area contributed by atoms with Crippen LogP contribution >= 0.6 is 0 Å². The Morgan fingerprint density at radius 3 is 2.72 bits per heavy atom. The maximum atomic E-state index is 10.9. The molecule has 0 aliphatic carbocycles. The molecule has 18 heavy (non-hydrogen) atoms. The summed E-state index contributed by atoms with van der Waals surface area (Å²) in [6, 6.07) is 12.1. The number of hydrogen-bond acceptors (Lipinski definition) is 4. The average molecular weight is 239 g/mol. The van der Waals surface area contributed by atoms with Crippen LogP contribution in [-0.4, -0.2) is 16.5 Å². The summed E-state index contributed by atoms with van der Waals surface area (Å²) in [4.78, 5) is 10.9. The predicted molar refractivity (Wildman–Crippen MR) is 66.5 cm³/mol. The van der Waals surface area contributed by atoms with Gasteiger partial charge in [0.05, 0.1) is 10.9 Å². The van der Waals surface area contributed by atoms with E-state index in [1.165, 1.54) is 0 Å². The SMILES string of the molecule is O=Cc1cccc2c(-c3ccccc3O)noc12. The fourth-order valence-corrected chi connectivity index (χ4v) is 1.94. The van der Waals surface area contributed by atoms with Crippen molar-refractivity contribution in [2.75, 3.05) is 0 Å². The van der Waals surface area contributed by atoms with Crippen LogP contribution in [0.1, 0.15) is 10.4 Å². The van der Waals surface area contributed by atoms with E-state index in [4.69, 9.17) is 4.52 Å². The lowest BCUT2D eigenvalue weighted by atomic mass is 10.1. The van der Waals surface area contributed by atoms with Gasteiger partial charge in [0.2, 0.25) is 0 Å². The highest BCUT2D eigenvalue weighted by atomic mass is 16.5. The van der Waals surface area contributed by atoms with Crippen LogP contribution in [0, 0.1) is 0 Å². The van der Waals surface area contributed by atoms with Crippen LogP contribution in [-0.2, 0) is 0 Å². The first-order valence-electron chi connectivity index (χ1n) is 5.43. The summed E-state index contributed by atoms with van der Waals surface area (Å²) in [6.45, 7) is 0. The Hall–Kier alpha value is -2.62. The second-order valence-corrected chi connectivity index (χ2v) is 3.89. The Morgan fingerprint density at radius 2 is 1.94 bits per heavy atom. The third kappa shape index (κ3) is 1.47. The minimum atomic E-state index is 0.129. The fraction of sp³-hybridized carbons (Fsp3) is 0. The monoisotopic (exact) mass is 239 g/mol. The van der Waals surface area contributed by atoms with Crippen LogP contribution in [0.2, 0.25) is 0 Å². The largest absolute Gasteiger partial charge is 0.507 e. The minimum absolute atomic E-state index is 0.129. The van der Waals surface area contributed by atoms with E-state index in [2.05, 4.69) is 5.16 Å². The average Bonchev–Trinajstić information content (AvgIpc) is 2.83. The zero-order chi connectivity index (χ0) is 12.5. The first kappa shape index (κ1) is 10.5. The zero-order valence-corrected chi connectivity index (χ0v) is 9.33. The number of nitrogens with zero attached hydrogens (tertiary/aromatic N) is 1. The number of aromatic nitrogens is 1. The van der Waals surface area contributed by atoms with Crippen molar-refractivity contribution in [1.29, 1.82) is 0 Å². The minimum Gasteiger partial charge on any atom is -0.507 e.